The van der Waals surface area contributed by atoms with Crippen LogP contribution >= 0.6 is 11.3 Å². The third kappa shape index (κ3) is 4.82. The zero-order chi connectivity index (χ0) is 13.6. The molecule has 1 heterocycles. The summed E-state index contributed by atoms with van der Waals surface area (Å²) < 4.78 is 25.7. The second kappa shape index (κ2) is 6.47. The van der Waals surface area contributed by atoms with E-state index in [0.717, 1.165) is 11.3 Å². The predicted molar refractivity (Wildman–Crippen MR) is 66.3 cm³/mol. The average Bonchev–Trinajstić information content (AvgIpc) is 2.80. The first kappa shape index (κ1) is 14.6. The van der Waals surface area contributed by atoms with Gasteiger partial charge in [-0.15, -0.1) is 11.3 Å². The minimum Gasteiger partial charge on any atom is -0.368 e. The van der Waals surface area contributed by atoms with E-state index >= 15 is 0 Å². The molecule has 0 aliphatic rings. The van der Waals surface area contributed by atoms with Gasteiger partial charge in [0.25, 0.3) is 0 Å². The van der Waals surface area contributed by atoms with Crippen molar-refractivity contribution in [2.45, 2.75) is 10.6 Å². The Morgan fingerprint density at radius 2 is 2.11 bits per heavy atom. The molecule has 0 fully saturated rings. The SMILES string of the molecule is NC(=O)CNC(=O)CCNS(=O)(=O)c1cccs1. The quantitative estimate of drug-likeness (QED) is 0.598. The molecule has 0 bridgehead atoms. The van der Waals surface area contributed by atoms with Gasteiger partial charge in [0.15, 0.2) is 0 Å². The minimum absolute atomic E-state index is 0.0369. The van der Waals surface area contributed by atoms with Crippen molar-refractivity contribution < 1.29 is 18.0 Å². The van der Waals surface area contributed by atoms with E-state index in [-0.39, 0.29) is 23.7 Å². The van der Waals surface area contributed by atoms with E-state index in [1.807, 2.05) is 0 Å². The van der Waals surface area contributed by atoms with Crippen molar-refractivity contribution >= 4 is 33.2 Å². The number of nitrogens with one attached hydrogen (secondary N) is 2. The summed E-state index contributed by atoms with van der Waals surface area (Å²) in [5.74, 6) is -1.09. The van der Waals surface area contributed by atoms with Gasteiger partial charge in [0.05, 0.1) is 6.54 Å². The van der Waals surface area contributed by atoms with Crippen molar-refractivity contribution in [2.75, 3.05) is 13.1 Å². The van der Waals surface area contributed by atoms with Crippen molar-refractivity contribution in [3.05, 3.63) is 17.5 Å². The van der Waals surface area contributed by atoms with Gasteiger partial charge in [-0.1, -0.05) is 6.07 Å². The Morgan fingerprint density at radius 3 is 2.67 bits per heavy atom. The Bertz CT molecular complexity index is 510. The molecule has 0 radical (unpaired) electrons. The van der Waals surface area contributed by atoms with Gasteiger partial charge < -0.3 is 11.1 Å². The highest BCUT2D eigenvalue weighted by molar-refractivity contribution is 7.91. The molecular weight excluding hydrogens is 278 g/mol. The van der Waals surface area contributed by atoms with Gasteiger partial charge in [-0.05, 0) is 11.4 Å². The Labute approximate surface area is 108 Å². The highest BCUT2D eigenvalue weighted by Gasteiger charge is 2.14. The molecule has 0 aliphatic carbocycles. The first-order valence-corrected chi connectivity index (χ1v) is 7.36. The fourth-order valence-corrected chi connectivity index (χ4v) is 3.13. The molecule has 100 valence electrons. The van der Waals surface area contributed by atoms with E-state index < -0.39 is 21.8 Å². The van der Waals surface area contributed by atoms with Crippen LogP contribution in [0.5, 0.6) is 0 Å². The largest absolute Gasteiger partial charge is 0.368 e. The minimum atomic E-state index is -3.55. The smallest absolute Gasteiger partial charge is 0.250 e. The number of hydrogen-bond donors (Lipinski definition) is 3. The van der Waals surface area contributed by atoms with E-state index in [1.54, 1.807) is 11.4 Å². The third-order valence-corrected chi connectivity index (χ3v) is 4.72. The van der Waals surface area contributed by atoms with Crippen LogP contribution in [0.25, 0.3) is 0 Å². The molecule has 0 unspecified atom stereocenters. The molecule has 0 saturated heterocycles. The Hall–Kier alpha value is -1.45. The Morgan fingerprint density at radius 1 is 1.39 bits per heavy atom. The summed E-state index contributed by atoms with van der Waals surface area (Å²) >= 11 is 1.09. The molecule has 0 aromatic carbocycles. The number of sulfonamides is 1. The number of rotatable bonds is 7. The molecule has 4 N–H and O–H groups in total. The van der Waals surface area contributed by atoms with Crippen LogP contribution in [0.3, 0.4) is 0 Å². The molecule has 9 heteroatoms. The summed E-state index contributed by atoms with van der Waals surface area (Å²) in [6.07, 6.45) is -0.0577. The lowest BCUT2D eigenvalue weighted by molar-refractivity contribution is -0.124. The molecule has 1 rings (SSSR count). The fraction of sp³-hybridized carbons (Fsp3) is 0.333. The van der Waals surface area contributed by atoms with Crippen LogP contribution in [0, 0.1) is 0 Å². The van der Waals surface area contributed by atoms with Gasteiger partial charge in [-0.2, -0.15) is 0 Å². The molecule has 0 atom stereocenters. The molecule has 18 heavy (non-hydrogen) atoms. The van der Waals surface area contributed by atoms with Gasteiger partial charge in [0, 0.05) is 13.0 Å². The first-order valence-electron chi connectivity index (χ1n) is 5.00. The number of primary amides is 1. The summed E-state index contributed by atoms with van der Waals surface area (Å²) in [6.45, 7) is -0.290. The van der Waals surface area contributed by atoms with Gasteiger partial charge >= 0.3 is 0 Å². The maximum Gasteiger partial charge on any atom is 0.250 e. The fourth-order valence-electron chi connectivity index (χ4n) is 1.06. The highest BCUT2D eigenvalue weighted by atomic mass is 32.2. The lowest BCUT2D eigenvalue weighted by atomic mass is 10.4. The number of amides is 2. The van der Waals surface area contributed by atoms with E-state index in [2.05, 4.69) is 10.0 Å². The highest BCUT2D eigenvalue weighted by Crippen LogP contribution is 2.14. The summed E-state index contributed by atoms with van der Waals surface area (Å²) in [5.41, 5.74) is 4.84. The second-order valence-corrected chi connectivity index (χ2v) is 6.26. The lowest BCUT2D eigenvalue weighted by Gasteiger charge is -2.05. The summed E-state index contributed by atoms with van der Waals surface area (Å²) in [7, 11) is -3.55. The van der Waals surface area contributed by atoms with Gasteiger partial charge in [-0.25, -0.2) is 13.1 Å². The molecule has 7 nitrogen and oxygen atoms in total. The lowest BCUT2D eigenvalue weighted by Crippen LogP contribution is -2.35. The van der Waals surface area contributed by atoms with Crippen molar-refractivity contribution in [1.29, 1.82) is 0 Å². The van der Waals surface area contributed by atoms with Crippen LogP contribution < -0.4 is 15.8 Å². The van der Waals surface area contributed by atoms with Gasteiger partial charge in [0.2, 0.25) is 21.8 Å². The average molecular weight is 291 g/mol. The zero-order valence-corrected chi connectivity index (χ0v) is 11.0. The standard InChI is InChI=1S/C9H13N3O4S2/c10-7(13)6-11-8(14)3-4-12-18(15,16)9-2-1-5-17-9/h1-2,5,12H,3-4,6H2,(H2,10,13)(H,11,14). The van der Waals surface area contributed by atoms with Crippen molar-refractivity contribution in [2.24, 2.45) is 5.73 Å². The predicted octanol–water partition coefficient (Wildman–Crippen LogP) is -0.982. The molecule has 0 aliphatic heterocycles. The number of carbonyl (C=O) groups is 2. The second-order valence-electron chi connectivity index (χ2n) is 3.32. The van der Waals surface area contributed by atoms with Gasteiger partial charge in [0.1, 0.15) is 4.21 Å². The third-order valence-electron chi connectivity index (χ3n) is 1.86. The number of carbonyl (C=O) groups excluding carboxylic acids is 2. The van der Waals surface area contributed by atoms with E-state index in [4.69, 9.17) is 5.73 Å². The monoisotopic (exact) mass is 291 g/mol. The van der Waals surface area contributed by atoms with Crippen molar-refractivity contribution in [3.63, 3.8) is 0 Å². The van der Waals surface area contributed by atoms with E-state index in [9.17, 15) is 18.0 Å². The zero-order valence-electron chi connectivity index (χ0n) is 9.38. The number of thiophene rings is 1. The van der Waals surface area contributed by atoms with Crippen LogP contribution in [0.2, 0.25) is 0 Å². The molecule has 1 aromatic heterocycles. The van der Waals surface area contributed by atoms with Crippen LogP contribution in [-0.4, -0.2) is 33.3 Å². The summed E-state index contributed by atoms with van der Waals surface area (Å²) in [6, 6.07) is 3.10. The Kier molecular flexibility index (Phi) is 5.25. The van der Waals surface area contributed by atoms with Crippen LogP contribution in [-0.2, 0) is 19.6 Å². The van der Waals surface area contributed by atoms with Crippen LogP contribution in [0.1, 0.15) is 6.42 Å². The maximum atomic E-state index is 11.6. The first-order chi connectivity index (χ1) is 8.42. The van der Waals surface area contributed by atoms with Crippen LogP contribution in [0.4, 0.5) is 0 Å². The summed E-state index contributed by atoms with van der Waals surface area (Å²) in [4.78, 5) is 21.6. The van der Waals surface area contributed by atoms with Gasteiger partial charge in [-0.3, -0.25) is 9.59 Å². The molecule has 0 saturated carbocycles. The molecule has 1 aromatic rings. The molecule has 0 spiro atoms. The summed E-state index contributed by atoms with van der Waals surface area (Å²) in [5, 5.41) is 3.90. The number of nitrogens with two attached hydrogens (primary N) is 1. The maximum absolute atomic E-state index is 11.6. The van der Waals surface area contributed by atoms with E-state index in [1.165, 1.54) is 6.07 Å². The van der Waals surface area contributed by atoms with E-state index in [0.29, 0.717) is 0 Å². The normalized spacial score (nSPS) is 11.1. The molecule has 2 amide bonds. The molecular formula is C9H13N3O4S2. The number of hydrogen-bond acceptors (Lipinski definition) is 5. The Balaban J connectivity index is 2.34. The van der Waals surface area contributed by atoms with Crippen LogP contribution in [0.15, 0.2) is 21.7 Å². The van der Waals surface area contributed by atoms with Crippen molar-refractivity contribution in [3.8, 4) is 0 Å². The van der Waals surface area contributed by atoms with Crippen molar-refractivity contribution in [1.82, 2.24) is 10.0 Å². The topological polar surface area (TPSA) is 118 Å².